The Morgan fingerprint density at radius 3 is 2.53 bits per heavy atom. The van der Waals surface area contributed by atoms with Crippen LogP contribution < -0.4 is 14.8 Å². The van der Waals surface area contributed by atoms with Gasteiger partial charge in [0.05, 0.1) is 31.0 Å². The highest BCUT2D eigenvalue weighted by molar-refractivity contribution is 7.98. The molecular formula is C21H21ClN6O3S. The predicted octanol–water partition coefficient (Wildman–Crippen LogP) is 4.02. The van der Waals surface area contributed by atoms with Crippen LogP contribution in [0.3, 0.4) is 0 Å². The maximum Gasteiger partial charge on any atom is 0.269 e. The molecule has 1 amide bonds. The summed E-state index contributed by atoms with van der Waals surface area (Å²) in [7, 11) is 3.01. The van der Waals surface area contributed by atoms with Gasteiger partial charge in [0.15, 0.2) is 0 Å². The molecule has 9 nitrogen and oxygen atoms in total. The number of amides is 1. The maximum atomic E-state index is 13.6. The number of halogens is 1. The largest absolute Gasteiger partial charge is 0.495 e. The minimum Gasteiger partial charge on any atom is -0.495 e. The van der Waals surface area contributed by atoms with Gasteiger partial charge < -0.3 is 14.8 Å². The topological polar surface area (TPSA) is 104 Å². The first kappa shape index (κ1) is 22.1. The van der Waals surface area contributed by atoms with E-state index in [1.807, 2.05) is 30.5 Å². The molecule has 166 valence electrons. The molecule has 11 heteroatoms. The molecule has 0 aliphatic carbocycles. The number of nitrogens with zero attached hydrogens (tertiary/aromatic N) is 5. The highest BCUT2D eigenvalue weighted by Gasteiger charge is 2.39. The number of hydrogen-bond donors (Lipinski definition) is 1. The molecule has 32 heavy (non-hydrogen) atoms. The molecule has 4 rings (SSSR count). The number of benzene rings is 2. The Balaban J connectivity index is 1.74. The van der Waals surface area contributed by atoms with Crippen LogP contribution in [0.4, 0.5) is 11.6 Å². The molecule has 0 radical (unpaired) electrons. The van der Waals surface area contributed by atoms with Gasteiger partial charge in [0.2, 0.25) is 5.91 Å². The number of carbonyl (C=O) groups excluding carboxylic acids is 1. The second kappa shape index (κ2) is 9.17. The van der Waals surface area contributed by atoms with E-state index < -0.39 is 12.0 Å². The molecule has 2 atom stereocenters. The fourth-order valence-electron chi connectivity index (χ4n) is 3.68. The van der Waals surface area contributed by atoms with Gasteiger partial charge in [-0.3, -0.25) is 4.79 Å². The smallest absolute Gasteiger partial charge is 0.269 e. The number of tetrazole rings is 1. The number of nitrogens with one attached hydrogen (secondary N) is 1. The molecule has 2 heterocycles. The van der Waals surface area contributed by atoms with Gasteiger partial charge in [-0.1, -0.05) is 28.8 Å². The van der Waals surface area contributed by atoms with Gasteiger partial charge in [-0.25, -0.2) is 9.67 Å². The summed E-state index contributed by atoms with van der Waals surface area (Å²) in [6.45, 7) is 1.80. The van der Waals surface area contributed by atoms with E-state index >= 15 is 0 Å². The number of aliphatic imine (C=N–C) groups is 1. The Kier molecular flexibility index (Phi) is 6.33. The first-order valence-corrected chi connectivity index (χ1v) is 11.3. The van der Waals surface area contributed by atoms with E-state index in [0.717, 1.165) is 10.5 Å². The molecule has 0 saturated carbocycles. The van der Waals surface area contributed by atoms with Crippen molar-refractivity contribution in [3.63, 3.8) is 0 Å². The minimum absolute atomic E-state index is 0.283. The fraction of sp³-hybridized carbons (Fsp3) is 0.286. The highest BCUT2D eigenvalue weighted by Crippen LogP contribution is 2.39. The number of hydrogen-bond acceptors (Lipinski definition) is 8. The van der Waals surface area contributed by atoms with E-state index in [9.17, 15) is 4.79 Å². The summed E-state index contributed by atoms with van der Waals surface area (Å²) in [5.41, 5.74) is 1.93. The molecule has 0 fully saturated rings. The summed E-state index contributed by atoms with van der Waals surface area (Å²) >= 11 is 7.84. The van der Waals surface area contributed by atoms with Gasteiger partial charge in [-0.15, -0.1) is 11.8 Å². The molecule has 1 aromatic heterocycles. The highest BCUT2D eigenvalue weighted by atomic mass is 35.5. The molecule has 0 saturated heterocycles. The lowest BCUT2D eigenvalue weighted by Gasteiger charge is -2.30. The molecule has 2 aromatic carbocycles. The van der Waals surface area contributed by atoms with Crippen molar-refractivity contribution in [2.75, 3.05) is 25.8 Å². The van der Waals surface area contributed by atoms with E-state index in [1.165, 1.54) is 14.2 Å². The zero-order chi connectivity index (χ0) is 22.8. The van der Waals surface area contributed by atoms with Crippen LogP contribution >= 0.6 is 23.4 Å². The lowest BCUT2D eigenvalue weighted by atomic mass is 9.87. The number of ether oxygens (including phenoxy) is 2. The molecule has 0 spiro atoms. The van der Waals surface area contributed by atoms with Gasteiger partial charge >= 0.3 is 0 Å². The van der Waals surface area contributed by atoms with E-state index in [1.54, 1.807) is 35.5 Å². The van der Waals surface area contributed by atoms with Crippen LogP contribution in [0.2, 0.25) is 5.02 Å². The number of carbonyl (C=O) groups is 1. The molecule has 1 aliphatic rings. The van der Waals surface area contributed by atoms with Crippen molar-refractivity contribution in [3.8, 4) is 11.5 Å². The van der Waals surface area contributed by atoms with E-state index in [0.29, 0.717) is 33.9 Å². The van der Waals surface area contributed by atoms with Gasteiger partial charge in [0, 0.05) is 22.7 Å². The van der Waals surface area contributed by atoms with Gasteiger partial charge in [0.25, 0.3) is 5.95 Å². The van der Waals surface area contributed by atoms with Crippen molar-refractivity contribution in [3.05, 3.63) is 47.0 Å². The number of thioether (sulfide) groups is 1. The van der Waals surface area contributed by atoms with Crippen LogP contribution in [-0.4, -0.2) is 52.3 Å². The second-order valence-electron chi connectivity index (χ2n) is 7.05. The third-order valence-corrected chi connectivity index (χ3v) is 6.29. The maximum absolute atomic E-state index is 13.6. The SMILES string of the molecule is COc1cc(NC(=O)C2C(C)=Nc3nnnn3C2c2ccc(SC)cc2)c(OC)cc1Cl. The zero-order valence-electron chi connectivity index (χ0n) is 17.9. The Morgan fingerprint density at radius 2 is 1.88 bits per heavy atom. The molecule has 2 unspecified atom stereocenters. The van der Waals surface area contributed by atoms with Crippen molar-refractivity contribution in [1.82, 2.24) is 20.2 Å². The predicted molar refractivity (Wildman–Crippen MR) is 124 cm³/mol. The molecular weight excluding hydrogens is 452 g/mol. The zero-order valence-corrected chi connectivity index (χ0v) is 19.4. The summed E-state index contributed by atoms with van der Waals surface area (Å²) < 4.78 is 12.3. The molecule has 3 aromatic rings. The number of anilines is 1. The van der Waals surface area contributed by atoms with Crippen LogP contribution in [-0.2, 0) is 4.79 Å². The average Bonchev–Trinajstić information content (AvgIpc) is 3.26. The Bertz CT molecular complexity index is 1180. The van der Waals surface area contributed by atoms with Crippen molar-refractivity contribution in [2.45, 2.75) is 17.9 Å². The van der Waals surface area contributed by atoms with Crippen LogP contribution in [0, 0.1) is 5.92 Å². The standard InChI is InChI=1S/C21H21ClN6O3S/c1-11-18(20(29)24-15-10-16(30-2)14(22)9-17(15)31-3)19(28-21(23-11)25-26-27-28)12-5-7-13(32-4)8-6-12/h5-10,18-19H,1-4H3,(H,24,29). The number of fused-ring (bicyclic) bond motifs is 1. The minimum atomic E-state index is -0.655. The Hall–Kier alpha value is -3.11. The van der Waals surface area contributed by atoms with Gasteiger partial charge in [-0.05, 0) is 41.3 Å². The molecule has 1 N–H and O–H groups in total. The monoisotopic (exact) mass is 472 g/mol. The van der Waals surface area contributed by atoms with E-state index in [-0.39, 0.29) is 5.91 Å². The van der Waals surface area contributed by atoms with Crippen molar-refractivity contribution >= 4 is 46.6 Å². The summed E-state index contributed by atoms with van der Waals surface area (Å²) in [5, 5.41) is 15.2. The van der Waals surface area contributed by atoms with Crippen LogP contribution in [0.25, 0.3) is 0 Å². The Morgan fingerprint density at radius 1 is 1.16 bits per heavy atom. The van der Waals surface area contributed by atoms with Gasteiger partial charge in [-0.2, -0.15) is 0 Å². The quantitative estimate of drug-likeness (QED) is 0.540. The van der Waals surface area contributed by atoms with Crippen molar-refractivity contribution in [1.29, 1.82) is 0 Å². The number of aromatic nitrogens is 4. The van der Waals surface area contributed by atoms with E-state index in [4.69, 9.17) is 21.1 Å². The molecule has 1 aliphatic heterocycles. The molecule has 0 bridgehead atoms. The normalized spacial score (nSPS) is 17.3. The summed E-state index contributed by atoms with van der Waals surface area (Å²) in [4.78, 5) is 19.1. The second-order valence-corrected chi connectivity index (χ2v) is 8.34. The van der Waals surface area contributed by atoms with Gasteiger partial charge in [0.1, 0.15) is 17.4 Å². The van der Waals surface area contributed by atoms with Crippen LogP contribution in [0.15, 0.2) is 46.3 Å². The lowest BCUT2D eigenvalue weighted by molar-refractivity contribution is -0.118. The van der Waals surface area contributed by atoms with E-state index in [2.05, 4.69) is 25.8 Å². The van der Waals surface area contributed by atoms with Crippen LogP contribution in [0.5, 0.6) is 11.5 Å². The number of methoxy groups -OCH3 is 2. The third kappa shape index (κ3) is 4.03. The lowest BCUT2D eigenvalue weighted by Crippen LogP contribution is -2.39. The summed E-state index contributed by atoms with van der Waals surface area (Å²) in [6.07, 6.45) is 2.01. The number of rotatable bonds is 6. The van der Waals surface area contributed by atoms with Crippen molar-refractivity contribution < 1.29 is 14.3 Å². The first-order chi connectivity index (χ1) is 15.5. The first-order valence-electron chi connectivity index (χ1n) is 9.66. The fourth-order valence-corrected chi connectivity index (χ4v) is 4.32. The Labute approximate surface area is 194 Å². The van der Waals surface area contributed by atoms with Crippen LogP contribution in [0.1, 0.15) is 18.5 Å². The average molecular weight is 473 g/mol. The summed E-state index contributed by atoms with van der Waals surface area (Å²) in [6, 6.07) is 10.7. The third-order valence-electron chi connectivity index (χ3n) is 5.25. The summed E-state index contributed by atoms with van der Waals surface area (Å²) in [5.74, 6) is 0.255. The van der Waals surface area contributed by atoms with Crippen molar-refractivity contribution in [2.24, 2.45) is 10.9 Å².